The molecule has 1 amide bonds. The molecule has 0 heterocycles. The summed E-state index contributed by atoms with van der Waals surface area (Å²) in [5.41, 5.74) is 0.729. The lowest BCUT2D eigenvalue weighted by Crippen LogP contribution is -2.39. The van der Waals surface area contributed by atoms with Crippen LogP contribution in [0.3, 0.4) is 0 Å². The quantitative estimate of drug-likeness (QED) is 0.783. The van der Waals surface area contributed by atoms with E-state index in [4.69, 9.17) is 0 Å². The maximum Gasteiger partial charge on any atom is 0.251 e. The summed E-state index contributed by atoms with van der Waals surface area (Å²) >= 11 is 0. The molecule has 1 atom stereocenters. The fourth-order valence-corrected chi connectivity index (χ4v) is 2.97. The molecule has 20 heavy (non-hydrogen) atoms. The van der Waals surface area contributed by atoms with Crippen molar-refractivity contribution in [3.8, 4) is 0 Å². The molecule has 2 rings (SSSR count). The van der Waals surface area contributed by atoms with E-state index in [0.29, 0.717) is 12.6 Å². The third-order valence-electron chi connectivity index (χ3n) is 4.27. The van der Waals surface area contributed by atoms with Crippen LogP contribution in [0.25, 0.3) is 0 Å². The maximum atomic E-state index is 11.9. The molecular weight excluding hydrogens is 248 g/mol. The van der Waals surface area contributed by atoms with E-state index in [1.54, 1.807) is 0 Å². The van der Waals surface area contributed by atoms with E-state index < -0.39 is 0 Å². The molecule has 3 heteroatoms. The SMILES string of the molecule is C[C@@H](NCCNC(=O)c1ccccc1)C1CCCCC1. The Morgan fingerprint density at radius 3 is 2.55 bits per heavy atom. The highest BCUT2D eigenvalue weighted by atomic mass is 16.1. The molecule has 1 aromatic rings. The average Bonchev–Trinajstić information content (AvgIpc) is 2.53. The first-order chi connectivity index (χ1) is 9.77. The molecule has 1 aliphatic rings. The van der Waals surface area contributed by atoms with Crippen molar-refractivity contribution in [1.82, 2.24) is 10.6 Å². The summed E-state index contributed by atoms with van der Waals surface area (Å²) in [5.74, 6) is 0.825. The molecule has 110 valence electrons. The molecule has 0 unspecified atom stereocenters. The van der Waals surface area contributed by atoms with Gasteiger partial charge in [-0.15, -0.1) is 0 Å². The minimum atomic E-state index is 0.0118. The Hall–Kier alpha value is -1.35. The van der Waals surface area contributed by atoms with E-state index in [9.17, 15) is 4.79 Å². The second-order valence-corrected chi connectivity index (χ2v) is 5.76. The Balaban J connectivity index is 1.62. The Labute approximate surface area is 122 Å². The monoisotopic (exact) mass is 274 g/mol. The molecular formula is C17H26N2O. The van der Waals surface area contributed by atoms with E-state index in [1.165, 1.54) is 32.1 Å². The van der Waals surface area contributed by atoms with E-state index in [1.807, 2.05) is 30.3 Å². The minimum Gasteiger partial charge on any atom is -0.351 e. The summed E-state index contributed by atoms with van der Waals surface area (Å²) in [4.78, 5) is 11.9. The second-order valence-electron chi connectivity index (χ2n) is 5.76. The first kappa shape index (κ1) is 15.0. The third kappa shape index (κ3) is 4.64. The van der Waals surface area contributed by atoms with Gasteiger partial charge in [0.25, 0.3) is 5.91 Å². The lowest BCUT2D eigenvalue weighted by Gasteiger charge is -2.28. The van der Waals surface area contributed by atoms with Crippen molar-refractivity contribution >= 4 is 5.91 Å². The van der Waals surface area contributed by atoms with Crippen LogP contribution < -0.4 is 10.6 Å². The predicted octanol–water partition coefficient (Wildman–Crippen LogP) is 2.97. The Morgan fingerprint density at radius 2 is 1.85 bits per heavy atom. The largest absolute Gasteiger partial charge is 0.351 e. The summed E-state index contributed by atoms with van der Waals surface area (Å²) in [6.07, 6.45) is 6.86. The molecule has 1 aromatic carbocycles. The van der Waals surface area contributed by atoms with Crippen LogP contribution in [-0.2, 0) is 0 Å². The normalized spacial score (nSPS) is 17.6. The van der Waals surface area contributed by atoms with Gasteiger partial charge < -0.3 is 10.6 Å². The Morgan fingerprint density at radius 1 is 1.15 bits per heavy atom. The van der Waals surface area contributed by atoms with Crippen molar-refractivity contribution in [3.05, 3.63) is 35.9 Å². The van der Waals surface area contributed by atoms with Crippen molar-refractivity contribution in [2.24, 2.45) is 5.92 Å². The average molecular weight is 274 g/mol. The van der Waals surface area contributed by atoms with Crippen LogP contribution in [0.4, 0.5) is 0 Å². The number of hydrogen-bond donors (Lipinski definition) is 2. The van der Waals surface area contributed by atoms with Gasteiger partial charge in [-0.1, -0.05) is 37.5 Å². The minimum absolute atomic E-state index is 0.0118. The van der Waals surface area contributed by atoms with Gasteiger partial charge in [-0.3, -0.25) is 4.79 Å². The second kappa shape index (κ2) is 8.05. The highest BCUT2D eigenvalue weighted by Crippen LogP contribution is 2.26. The summed E-state index contributed by atoms with van der Waals surface area (Å²) in [5, 5.41) is 6.50. The topological polar surface area (TPSA) is 41.1 Å². The highest BCUT2D eigenvalue weighted by Gasteiger charge is 2.19. The van der Waals surface area contributed by atoms with Crippen LogP contribution in [-0.4, -0.2) is 25.0 Å². The lowest BCUT2D eigenvalue weighted by molar-refractivity contribution is 0.0953. The predicted molar refractivity (Wildman–Crippen MR) is 82.8 cm³/mol. The van der Waals surface area contributed by atoms with Crippen molar-refractivity contribution in [1.29, 1.82) is 0 Å². The zero-order valence-electron chi connectivity index (χ0n) is 12.4. The summed E-state index contributed by atoms with van der Waals surface area (Å²) in [7, 11) is 0. The van der Waals surface area contributed by atoms with Crippen LogP contribution in [0, 0.1) is 5.92 Å². The number of carbonyl (C=O) groups is 1. The van der Waals surface area contributed by atoms with Crippen LogP contribution in [0.15, 0.2) is 30.3 Å². The molecule has 0 saturated heterocycles. The number of benzene rings is 1. The van der Waals surface area contributed by atoms with Gasteiger partial charge in [0.1, 0.15) is 0 Å². The fraction of sp³-hybridized carbons (Fsp3) is 0.588. The van der Waals surface area contributed by atoms with Gasteiger partial charge in [0, 0.05) is 24.7 Å². The van der Waals surface area contributed by atoms with E-state index in [0.717, 1.165) is 18.0 Å². The Kier molecular flexibility index (Phi) is 6.06. The number of amides is 1. The van der Waals surface area contributed by atoms with Gasteiger partial charge >= 0.3 is 0 Å². The lowest BCUT2D eigenvalue weighted by atomic mass is 9.84. The smallest absolute Gasteiger partial charge is 0.251 e. The van der Waals surface area contributed by atoms with Crippen molar-refractivity contribution in [2.45, 2.75) is 45.1 Å². The summed E-state index contributed by atoms with van der Waals surface area (Å²) in [6.45, 7) is 3.80. The molecule has 1 fully saturated rings. The molecule has 1 aliphatic carbocycles. The first-order valence-electron chi connectivity index (χ1n) is 7.84. The molecule has 0 spiro atoms. The van der Waals surface area contributed by atoms with Crippen LogP contribution in [0.5, 0.6) is 0 Å². The number of rotatable bonds is 6. The van der Waals surface area contributed by atoms with Crippen LogP contribution in [0.2, 0.25) is 0 Å². The van der Waals surface area contributed by atoms with Gasteiger partial charge in [-0.05, 0) is 37.8 Å². The zero-order valence-corrected chi connectivity index (χ0v) is 12.4. The van der Waals surface area contributed by atoms with Crippen molar-refractivity contribution in [2.75, 3.05) is 13.1 Å². The summed E-state index contributed by atoms with van der Waals surface area (Å²) in [6, 6.07) is 9.94. The number of carbonyl (C=O) groups excluding carboxylic acids is 1. The molecule has 0 radical (unpaired) electrons. The van der Waals surface area contributed by atoms with Crippen molar-refractivity contribution in [3.63, 3.8) is 0 Å². The third-order valence-corrected chi connectivity index (χ3v) is 4.27. The maximum absolute atomic E-state index is 11.9. The molecule has 1 saturated carbocycles. The van der Waals surface area contributed by atoms with Crippen LogP contribution in [0.1, 0.15) is 49.4 Å². The van der Waals surface area contributed by atoms with Gasteiger partial charge in [-0.2, -0.15) is 0 Å². The zero-order chi connectivity index (χ0) is 14.2. The van der Waals surface area contributed by atoms with Gasteiger partial charge in [0.15, 0.2) is 0 Å². The molecule has 0 bridgehead atoms. The van der Waals surface area contributed by atoms with Gasteiger partial charge in [0.2, 0.25) is 0 Å². The number of hydrogen-bond acceptors (Lipinski definition) is 2. The van der Waals surface area contributed by atoms with E-state index in [-0.39, 0.29) is 5.91 Å². The van der Waals surface area contributed by atoms with Crippen molar-refractivity contribution < 1.29 is 4.79 Å². The summed E-state index contributed by atoms with van der Waals surface area (Å²) < 4.78 is 0. The van der Waals surface area contributed by atoms with E-state index in [2.05, 4.69) is 17.6 Å². The number of nitrogens with one attached hydrogen (secondary N) is 2. The standard InChI is InChI=1S/C17H26N2O/c1-14(15-8-4-2-5-9-15)18-12-13-19-17(20)16-10-6-3-7-11-16/h3,6-7,10-11,14-15,18H,2,4-5,8-9,12-13H2,1H3,(H,19,20)/t14-/m1/s1. The first-order valence-corrected chi connectivity index (χ1v) is 7.84. The molecule has 0 aromatic heterocycles. The van der Waals surface area contributed by atoms with E-state index >= 15 is 0 Å². The van der Waals surface area contributed by atoms with Gasteiger partial charge in [-0.25, -0.2) is 0 Å². The van der Waals surface area contributed by atoms with Gasteiger partial charge in [0.05, 0.1) is 0 Å². The highest BCUT2D eigenvalue weighted by molar-refractivity contribution is 5.94. The molecule has 0 aliphatic heterocycles. The molecule has 3 nitrogen and oxygen atoms in total. The van der Waals surface area contributed by atoms with Crippen LogP contribution >= 0.6 is 0 Å². The molecule has 2 N–H and O–H groups in total. The fourth-order valence-electron chi connectivity index (χ4n) is 2.97. The Bertz CT molecular complexity index is 399.